The van der Waals surface area contributed by atoms with E-state index in [0.717, 1.165) is 10.1 Å². The molecular formula is C8H6BrNOS. The second-order valence-electron chi connectivity index (χ2n) is 2.46. The molecule has 0 fully saturated rings. The normalized spacial score (nSPS) is 10.8. The summed E-state index contributed by atoms with van der Waals surface area (Å²) in [4.78, 5) is 0. The van der Waals surface area contributed by atoms with E-state index < -0.39 is 0 Å². The molecule has 0 radical (unpaired) electrons. The van der Waals surface area contributed by atoms with Crippen molar-refractivity contribution in [1.29, 1.82) is 0 Å². The minimum atomic E-state index is 0.193. The van der Waals surface area contributed by atoms with Crippen LogP contribution in [0.3, 0.4) is 0 Å². The number of aromatic hydroxyl groups is 1. The van der Waals surface area contributed by atoms with Crippen LogP contribution in [-0.4, -0.2) is 5.11 Å². The molecule has 0 spiro atoms. The van der Waals surface area contributed by atoms with Crippen molar-refractivity contribution < 1.29 is 5.11 Å². The molecule has 4 heteroatoms. The minimum absolute atomic E-state index is 0.193. The summed E-state index contributed by atoms with van der Waals surface area (Å²) in [5.41, 5.74) is 6.38. The van der Waals surface area contributed by atoms with Gasteiger partial charge in [0.15, 0.2) is 0 Å². The summed E-state index contributed by atoms with van der Waals surface area (Å²) in [7, 11) is 0. The van der Waals surface area contributed by atoms with Gasteiger partial charge in [-0.3, -0.25) is 0 Å². The van der Waals surface area contributed by atoms with Crippen molar-refractivity contribution in [1.82, 2.24) is 0 Å². The Morgan fingerprint density at radius 3 is 3.00 bits per heavy atom. The molecule has 2 rings (SSSR count). The highest BCUT2D eigenvalue weighted by molar-refractivity contribution is 9.10. The average Bonchev–Trinajstić information content (AvgIpc) is 2.48. The molecule has 0 unspecified atom stereocenters. The van der Waals surface area contributed by atoms with Crippen molar-refractivity contribution >= 4 is 43.0 Å². The van der Waals surface area contributed by atoms with Crippen LogP contribution in [0.4, 0.5) is 5.69 Å². The maximum Gasteiger partial charge on any atom is 0.132 e. The number of hydrogen-bond donors (Lipinski definition) is 2. The molecule has 12 heavy (non-hydrogen) atoms. The molecule has 0 aliphatic carbocycles. The molecule has 1 aromatic carbocycles. The molecule has 3 N–H and O–H groups in total. The van der Waals surface area contributed by atoms with Crippen molar-refractivity contribution in [2.75, 3.05) is 5.73 Å². The second kappa shape index (κ2) is 2.64. The molecule has 0 aliphatic rings. The molecule has 0 saturated carbocycles. The topological polar surface area (TPSA) is 46.2 Å². The minimum Gasteiger partial charge on any atom is -0.507 e. The number of thiophene rings is 1. The van der Waals surface area contributed by atoms with E-state index in [2.05, 4.69) is 15.9 Å². The Morgan fingerprint density at radius 2 is 2.25 bits per heavy atom. The van der Waals surface area contributed by atoms with Crippen LogP contribution in [0.5, 0.6) is 5.75 Å². The number of phenols is 1. The Bertz CT molecular complexity index is 438. The van der Waals surface area contributed by atoms with Gasteiger partial charge in [0.05, 0.1) is 14.9 Å². The van der Waals surface area contributed by atoms with Gasteiger partial charge in [-0.25, -0.2) is 0 Å². The van der Waals surface area contributed by atoms with Gasteiger partial charge in [0.2, 0.25) is 0 Å². The lowest BCUT2D eigenvalue weighted by molar-refractivity contribution is 0.473. The second-order valence-corrected chi connectivity index (χ2v) is 4.17. The van der Waals surface area contributed by atoms with Crippen LogP contribution in [0.25, 0.3) is 10.1 Å². The van der Waals surface area contributed by atoms with Gasteiger partial charge in [-0.2, -0.15) is 0 Å². The van der Waals surface area contributed by atoms with Crippen LogP contribution < -0.4 is 5.73 Å². The summed E-state index contributed by atoms with van der Waals surface area (Å²) in [5, 5.41) is 12.3. The Hall–Kier alpha value is -0.740. The maximum atomic E-state index is 9.39. The monoisotopic (exact) mass is 243 g/mol. The zero-order valence-electron chi connectivity index (χ0n) is 6.04. The average molecular weight is 244 g/mol. The SMILES string of the molecule is Nc1c(Br)c(O)cc2ccsc12. The summed E-state index contributed by atoms with van der Waals surface area (Å²) >= 11 is 4.79. The van der Waals surface area contributed by atoms with Crippen molar-refractivity contribution in [3.63, 3.8) is 0 Å². The van der Waals surface area contributed by atoms with E-state index in [1.165, 1.54) is 0 Å². The van der Waals surface area contributed by atoms with Gasteiger partial charge in [-0.15, -0.1) is 11.3 Å². The van der Waals surface area contributed by atoms with E-state index in [-0.39, 0.29) is 5.75 Å². The quantitative estimate of drug-likeness (QED) is 0.700. The summed E-state index contributed by atoms with van der Waals surface area (Å²) < 4.78 is 1.59. The fraction of sp³-hybridized carbons (Fsp3) is 0. The summed E-state index contributed by atoms with van der Waals surface area (Å²) in [6.07, 6.45) is 0. The Kier molecular flexibility index (Phi) is 1.73. The van der Waals surface area contributed by atoms with Crippen LogP contribution >= 0.6 is 27.3 Å². The van der Waals surface area contributed by atoms with Crippen LogP contribution in [-0.2, 0) is 0 Å². The van der Waals surface area contributed by atoms with Crippen molar-refractivity contribution in [3.8, 4) is 5.75 Å². The number of halogens is 1. The Balaban J connectivity index is 2.94. The molecule has 0 bridgehead atoms. The maximum absolute atomic E-state index is 9.39. The van der Waals surface area contributed by atoms with E-state index >= 15 is 0 Å². The lowest BCUT2D eigenvalue weighted by atomic mass is 10.2. The molecule has 2 aromatic rings. The molecule has 0 saturated heterocycles. The van der Waals surface area contributed by atoms with E-state index in [1.807, 2.05) is 11.4 Å². The van der Waals surface area contributed by atoms with Crippen LogP contribution in [0.1, 0.15) is 0 Å². The highest BCUT2D eigenvalue weighted by Crippen LogP contribution is 2.38. The Labute approximate surface area is 81.8 Å². The van der Waals surface area contributed by atoms with Gasteiger partial charge >= 0.3 is 0 Å². The molecule has 2 nitrogen and oxygen atoms in total. The number of fused-ring (bicyclic) bond motifs is 1. The van der Waals surface area contributed by atoms with Crippen LogP contribution in [0.15, 0.2) is 22.0 Å². The number of rotatable bonds is 0. The molecule has 0 atom stereocenters. The third-order valence-electron chi connectivity index (χ3n) is 1.69. The predicted octanol–water partition coefficient (Wildman–Crippen LogP) is 2.95. The summed E-state index contributed by atoms with van der Waals surface area (Å²) in [6, 6.07) is 3.63. The first-order valence-corrected chi connectivity index (χ1v) is 5.01. The largest absolute Gasteiger partial charge is 0.507 e. The third-order valence-corrected chi connectivity index (χ3v) is 3.49. The number of nitrogen functional groups attached to an aromatic ring is 1. The lowest BCUT2D eigenvalue weighted by Gasteiger charge is -2.01. The van der Waals surface area contributed by atoms with Crippen molar-refractivity contribution in [3.05, 3.63) is 22.0 Å². The van der Waals surface area contributed by atoms with Gasteiger partial charge in [0.1, 0.15) is 5.75 Å². The smallest absolute Gasteiger partial charge is 0.132 e. The number of nitrogens with two attached hydrogens (primary N) is 1. The highest BCUT2D eigenvalue weighted by atomic mass is 79.9. The van der Waals surface area contributed by atoms with Crippen molar-refractivity contribution in [2.24, 2.45) is 0 Å². The summed E-state index contributed by atoms with van der Waals surface area (Å²) in [5.74, 6) is 0.193. The molecule has 62 valence electrons. The molecule has 0 aliphatic heterocycles. The van der Waals surface area contributed by atoms with Crippen LogP contribution in [0, 0.1) is 0 Å². The Morgan fingerprint density at radius 1 is 1.50 bits per heavy atom. The zero-order chi connectivity index (χ0) is 8.72. The van der Waals surface area contributed by atoms with Gasteiger partial charge in [0, 0.05) is 0 Å². The van der Waals surface area contributed by atoms with E-state index in [4.69, 9.17) is 5.73 Å². The van der Waals surface area contributed by atoms with Gasteiger partial charge in [-0.05, 0) is 38.8 Å². The predicted molar refractivity (Wildman–Crippen MR) is 55.6 cm³/mol. The third kappa shape index (κ3) is 0.990. The number of benzene rings is 1. The van der Waals surface area contributed by atoms with E-state index in [0.29, 0.717) is 10.2 Å². The summed E-state index contributed by atoms with van der Waals surface area (Å²) in [6.45, 7) is 0. The number of hydrogen-bond acceptors (Lipinski definition) is 3. The molecule has 0 amide bonds. The fourth-order valence-electron chi connectivity index (χ4n) is 1.10. The zero-order valence-corrected chi connectivity index (χ0v) is 8.45. The molecule has 1 heterocycles. The number of anilines is 1. The first kappa shape index (κ1) is 7.89. The highest BCUT2D eigenvalue weighted by Gasteiger charge is 2.08. The number of phenolic OH excluding ortho intramolecular Hbond substituents is 1. The van der Waals surface area contributed by atoms with Crippen molar-refractivity contribution in [2.45, 2.75) is 0 Å². The fourth-order valence-corrected chi connectivity index (χ4v) is 2.39. The molecule has 1 aromatic heterocycles. The van der Waals surface area contributed by atoms with Gasteiger partial charge in [0.25, 0.3) is 0 Å². The lowest BCUT2D eigenvalue weighted by Crippen LogP contribution is -1.86. The molecular weight excluding hydrogens is 238 g/mol. The van der Waals surface area contributed by atoms with E-state index in [1.54, 1.807) is 17.4 Å². The first-order chi connectivity index (χ1) is 5.70. The standard InChI is InChI=1S/C8H6BrNOS/c9-6-5(11)3-4-1-2-12-8(4)7(6)10/h1-3,11H,10H2. The van der Waals surface area contributed by atoms with E-state index in [9.17, 15) is 5.11 Å². The van der Waals surface area contributed by atoms with Gasteiger partial charge < -0.3 is 10.8 Å². The first-order valence-electron chi connectivity index (χ1n) is 3.34. The van der Waals surface area contributed by atoms with Gasteiger partial charge in [-0.1, -0.05) is 0 Å². The van der Waals surface area contributed by atoms with Crippen LogP contribution in [0.2, 0.25) is 0 Å².